The van der Waals surface area contributed by atoms with Crippen LogP contribution in [0.2, 0.25) is 5.02 Å². The zero-order valence-electron chi connectivity index (χ0n) is 22.0. The van der Waals surface area contributed by atoms with Gasteiger partial charge in [0.05, 0.1) is 19.8 Å². The number of rotatable bonds is 9. The van der Waals surface area contributed by atoms with Crippen molar-refractivity contribution in [2.45, 2.75) is 57.5 Å². The Morgan fingerprint density at radius 2 is 2.00 bits per heavy atom. The summed E-state index contributed by atoms with van der Waals surface area (Å²) in [4.78, 5) is 27.9. The number of hydrogen-bond donors (Lipinski definition) is 2. The van der Waals surface area contributed by atoms with Crippen LogP contribution in [0.5, 0.6) is 0 Å². The van der Waals surface area contributed by atoms with E-state index in [9.17, 15) is 14.7 Å². The van der Waals surface area contributed by atoms with Crippen molar-refractivity contribution < 1.29 is 24.2 Å². The Bertz CT molecular complexity index is 912. The van der Waals surface area contributed by atoms with Crippen molar-refractivity contribution >= 4 is 23.8 Å². The summed E-state index contributed by atoms with van der Waals surface area (Å²) >= 11 is 6.42. The third-order valence-corrected chi connectivity index (χ3v) is 8.90. The maximum Gasteiger partial charge on any atom is 0.407 e. The number of hydrogen-bond acceptors (Lipinski definition) is 5. The van der Waals surface area contributed by atoms with E-state index in [1.54, 1.807) is 4.90 Å². The van der Waals surface area contributed by atoms with Gasteiger partial charge in [0.2, 0.25) is 0 Å². The molecule has 8 nitrogen and oxygen atoms in total. The van der Waals surface area contributed by atoms with Crippen molar-refractivity contribution in [3.05, 3.63) is 34.9 Å². The molecule has 2 heterocycles. The van der Waals surface area contributed by atoms with Gasteiger partial charge in [-0.05, 0) is 68.2 Å². The van der Waals surface area contributed by atoms with Crippen LogP contribution in [-0.2, 0) is 9.47 Å². The van der Waals surface area contributed by atoms with Crippen LogP contribution in [0.1, 0.15) is 63.0 Å². The molecule has 1 aromatic carbocycles. The molecule has 2 saturated heterocycles. The van der Waals surface area contributed by atoms with Crippen LogP contribution in [0.3, 0.4) is 0 Å². The lowest BCUT2D eigenvalue weighted by molar-refractivity contribution is -0.102. The Morgan fingerprint density at radius 1 is 1.19 bits per heavy atom. The number of methoxy groups -OCH3 is 1. The van der Waals surface area contributed by atoms with Gasteiger partial charge >= 0.3 is 12.2 Å². The topological polar surface area (TPSA) is 91.3 Å². The summed E-state index contributed by atoms with van der Waals surface area (Å²) in [5.74, 6) is 1.07. The molecule has 206 valence electrons. The van der Waals surface area contributed by atoms with Crippen LogP contribution in [0.25, 0.3) is 0 Å². The van der Waals surface area contributed by atoms with Crippen molar-refractivity contribution in [2.75, 3.05) is 53.0 Å². The number of carboxylic acid groups (broad SMARTS) is 1. The normalized spacial score (nSPS) is 26.1. The summed E-state index contributed by atoms with van der Waals surface area (Å²) in [7, 11) is 1.33. The van der Waals surface area contributed by atoms with Crippen molar-refractivity contribution in [1.82, 2.24) is 15.1 Å². The van der Waals surface area contributed by atoms with Gasteiger partial charge in [0.25, 0.3) is 0 Å². The highest BCUT2D eigenvalue weighted by atomic mass is 35.5. The average molecular weight is 536 g/mol. The number of carbonyl (C=O) groups excluding carboxylic acids is 1. The third kappa shape index (κ3) is 7.09. The quantitative estimate of drug-likeness (QED) is 0.410. The second kappa shape index (κ2) is 13.2. The first-order chi connectivity index (χ1) is 17.9. The monoisotopic (exact) mass is 535 g/mol. The SMILES string of the molecule is COC(=O)NCCO[C@H](c1cccc(Cl)c1)[C@@]1(C2CCN(CC3CCCCC3)C2)CCCN(C(=O)O)C1. The molecule has 3 atom stereocenters. The lowest BCUT2D eigenvalue weighted by Crippen LogP contribution is -2.53. The van der Waals surface area contributed by atoms with Crippen molar-refractivity contribution in [3.63, 3.8) is 0 Å². The van der Waals surface area contributed by atoms with Gasteiger partial charge in [-0.1, -0.05) is 43.0 Å². The van der Waals surface area contributed by atoms with Gasteiger partial charge in [-0.25, -0.2) is 9.59 Å². The third-order valence-electron chi connectivity index (χ3n) is 8.67. The Hall–Kier alpha value is -2.03. The summed E-state index contributed by atoms with van der Waals surface area (Å²) in [6, 6.07) is 7.74. The van der Waals surface area contributed by atoms with E-state index < -0.39 is 12.2 Å². The zero-order chi connectivity index (χ0) is 26.3. The van der Waals surface area contributed by atoms with Crippen LogP contribution in [-0.4, -0.2) is 80.1 Å². The van der Waals surface area contributed by atoms with Gasteiger partial charge in [0, 0.05) is 43.2 Å². The highest BCUT2D eigenvalue weighted by Crippen LogP contribution is 2.52. The molecule has 2 amide bonds. The summed E-state index contributed by atoms with van der Waals surface area (Å²) < 4.78 is 11.3. The van der Waals surface area contributed by atoms with Gasteiger partial charge in [-0.3, -0.25) is 0 Å². The molecule has 0 spiro atoms. The molecule has 9 heteroatoms. The highest BCUT2D eigenvalue weighted by Gasteiger charge is 2.52. The molecular formula is C28H42ClN3O5. The van der Waals surface area contributed by atoms with E-state index in [-0.39, 0.29) is 11.5 Å². The smallest absolute Gasteiger partial charge is 0.407 e. The van der Waals surface area contributed by atoms with E-state index in [1.807, 2.05) is 24.3 Å². The molecule has 0 radical (unpaired) electrons. The number of likely N-dealkylation sites (tertiary alicyclic amines) is 2. The van der Waals surface area contributed by atoms with Gasteiger partial charge in [0.1, 0.15) is 0 Å². The number of amides is 2. The maximum atomic E-state index is 12.2. The summed E-state index contributed by atoms with van der Waals surface area (Å²) in [6.07, 6.45) is 7.67. The minimum atomic E-state index is -0.877. The fraction of sp³-hybridized carbons (Fsp3) is 0.714. The van der Waals surface area contributed by atoms with Crippen LogP contribution >= 0.6 is 11.6 Å². The second-order valence-corrected chi connectivity index (χ2v) is 11.5. The first-order valence-electron chi connectivity index (χ1n) is 13.8. The predicted molar refractivity (Wildman–Crippen MR) is 143 cm³/mol. The Kier molecular flexibility index (Phi) is 9.96. The van der Waals surface area contributed by atoms with Crippen LogP contribution in [0.15, 0.2) is 24.3 Å². The first kappa shape index (κ1) is 28.0. The largest absolute Gasteiger partial charge is 0.465 e. The molecule has 3 aliphatic rings. The van der Waals surface area contributed by atoms with Gasteiger partial charge in [0.15, 0.2) is 0 Å². The van der Waals surface area contributed by atoms with Gasteiger partial charge in [-0.15, -0.1) is 0 Å². The van der Waals surface area contributed by atoms with E-state index in [1.165, 1.54) is 39.2 Å². The van der Waals surface area contributed by atoms with Crippen molar-refractivity contribution in [1.29, 1.82) is 0 Å². The number of piperidine rings is 1. The summed E-state index contributed by atoms with van der Waals surface area (Å²) in [5.41, 5.74) is 0.581. The number of carbonyl (C=O) groups is 2. The van der Waals surface area contributed by atoms with Crippen LogP contribution in [0, 0.1) is 17.3 Å². The van der Waals surface area contributed by atoms with E-state index in [0.29, 0.717) is 37.2 Å². The molecule has 2 N–H and O–H groups in total. The molecule has 1 aromatic rings. The minimum Gasteiger partial charge on any atom is -0.465 e. The summed E-state index contributed by atoms with van der Waals surface area (Å²) in [5, 5.41) is 13.3. The molecule has 37 heavy (non-hydrogen) atoms. The zero-order valence-corrected chi connectivity index (χ0v) is 22.8. The van der Waals surface area contributed by atoms with E-state index in [2.05, 4.69) is 15.0 Å². The number of nitrogens with zero attached hydrogens (tertiary/aromatic N) is 2. The average Bonchev–Trinajstić information content (AvgIpc) is 3.38. The number of halogens is 1. The first-order valence-corrected chi connectivity index (χ1v) is 14.2. The Balaban J connectivity index is 1.59. The molecule has 0 bridgehead atoms. The van der Waals surface area contributed by atoms with Gasteiger partial charge < -0.3 is 29.7 Å². The fourth-order valence-electron chi connectivity index (χ4n) is 6.91. The lowest BCUT2D eigenvalue weighted by Gasteiger charge is -2.50. The molecule has 1 unspecified atom stereocenters. The van der Waals surface area contributed by atoms with Crippen molar-refractivity contribution in [2.24, 2.45) is 17.3 Å². The number of ether oxygens (including phenoxy) is 2. The molecule has 0 aromatic heterocycles. The molecule has 3 fully saturated rings. The molecule has 1 saturated carbocycles. The van der Waals surface area contributed by atoms with E-state index in [0.717, 1.165) is 50.4 Å². The van der Waals surface area contributed by atoms with Crippen LogP contribution < -0.4 is 5.32 Å². The standard InChI is InChI=1S/C28H42ClN3O5/c1-36-26(33)30-13-16-37-25(22-9-5-10-24(29)17-22)28(12-6-14-32(20-28)27(34)35)23-11-15-31(19-23)18-21-7-3-2-4-8-21/h5,9-10,17,21,23,25H,2-4,6-8,11-16,18-20H2,1H3,(H,30,33)(H,34,35)/t23?,25-,28+/m1/s1. The number of alkyl carbamates (subject to hydrolysis) is 1. The second-order valence-electron chi connectivity index (χ2n) is 11.0. The molecule has 2 aliphatic heterocycles. The summed E-state index contributed by atoms with van der Waals surface area (Å²) in [6.45, 7) is 4.72. The van der Waals surface area contributed by atoms with E-state index >= 15 is 0 Å². The minimum absolute atomic E-state index is 0.291. The number of benzene rings is 1. The molecule has 1 aliphatic carbocycles. The molecular weight excluding hydrogens is 494 g/mol. The van der Waals surface area contributed by atoms with E-state index in [4.69, 9.17) is 16.3 Å². The van der Waals surface area contributed by atoms with Crippen LogP contribution in [0.4, 0.5) is 9.59 Å². The van der Waals surface area contributed by atoms with Crippen molar-refractivity contribution in [3.8, 4) is 0 Å². The predicted octanol–water partition coefficient (Wildman–Crippen LogP) is 5.42. The highest BCUT2D eigenvalue weighted by molar-refractivity contribution is 6.30. The number of nitrogens with one attached hydrogen (secondary N) is 1. The fourth-order valence-corrected chi connectivity index (χ4v) is 7.10. The Morgan fingerprint density at radius 3 is 2.73 bits per heavy atom. The van der Waals surface area contributed by atoms with Gasteiger partial charge in [-0.2, -0.15) is 0 Å². The maximum absolute atomic E-state index is 12.2. The Labute approximate surface area is 225 Å². The molecule has 4 rings (SSSR count). The lowest BCUT2D eigenvalue weighted by atomic mass is 9.64.